The summed E-state index contributed by atoms with van der Waals surface area (Å²) in [7, 11) is 4.00. The molecule has 1 rings (SSSR count). The molecule has 1 unspecified atom stereocenters. The third kappa shape index (κ3) is 5.42. The average Bonchev–Trinajstić information content (AvgIpc) is 2.19. The van der Waals surface area contributed by atoms with Crippen molar-refractivity contribution in [1.82, 2.24) is 4.90 Å². The van der Waals surface area contributed by atoms with E-state index in [0.717, 1.165) is 22.9 Å². The molecule has 0 aliphatic carbocycles. The zero-order valence-corrected chi connectivity index (χ0v) is 10.6. The zero-order chi connectivity index (χ0) is 11.3. The van der Waals surface area contributed by atoms with Gasteiger partial charge in [0.1, 0.15) is 5.44 Å². The number of benzene rings is 1. The molecular weight excluding hydrogens is 230 g/mol. The topological polar surface area (TPSA) is 23.5 Å². The van der Waals surface area contributed by atoms with Crippen LogP contribution in [0.5, 0.6) is 0 Å². The molecule has 4 heteroatoms. The van der Waals surface area contributed by atoms with Crippen molar-refractivity contribution >= 4 is 23.4 Å². The number of hydrogen-bond acceptors (Lipinski definition) is 3. The minimum absolute atomic E-state index is 0.353. The summed E-state index contributed by atoms with van der Waals surface area (Å²) >= 11 is 7.24. The molecule has 1 aromatic rings. The summed E-state index contributed by atoms with van der Waals surface area (Å²) in [5.74, 6) is 0. The minimum atomic E-state index is -0.353. The van der Waals surface area contributed by atoms with E-state index in [9.17, 15) is 5.11 Å². The van der Waals surface area contributed by atoms with E-state index in [0.29, 0.717) is 0 Å². The van der Waals surface area contributed by atoms with E-state index in [2.05, 4.69) is 4.90 Å². The fraction of sp³-hybridized carbons (Fsp3) is 0.455. The predicted molar refractivity (Wildman–Crippen MR) is 66.5 cm³/mol. The Balaban J connectivity index is 2.37. The van der Waals surface area contributed by atoms with Gasteiger partial charge in [0, 0.05) is 16.5 Å². The first-order chi connectivity index (χ1) is 7.08. The summed E-state index contributed by atoms with van der Waals surface area (Å²) < 4.78 is 0. The Morgan fingerprint density at radius 2 is 1.93 bits per heavy atom. The van der Waals surface area contributed by atoms with Gasteiger partial charge in [-0.1, -0.05) is 23.4 Å². The van der Waals surface area contributed by atoms with Crippen molar-refractivity contribution in [2.75, 3.05) is 20.6 Å². The van der Waals surface area contributed by atoms with Crippen LogP contribution >= 0.6 is 23.4 Å². The molecule has 2 nitrogen and oxygen atoms in total. The molecule has 0 aromatic heterocycles. The largest absolute Gasteiger partial charge is 0.382 e. The second-order valence-corrected chi connectivity index (χ2v) is 5.31. The maximum absolute atomic E-state index is 9.72. The van der Waals surface area contributed by atoms with Crippen LogP contribution in [-0.4, -0.2) is 36.1 Å². The Morgan fingerprint density at radius 3 is 2.47 bits per heavy atom. The van der Waals surface area contributed by atoms with Crippen LogP contribution in [0.15, 0.2) is 29.2 Å². The van der Waals surface area contributed by atoms with Gasteiger partial charge < -0.3 is 10.0 Å². The van der Waals surface area contributed by atoms with E-state index in [1.165, 1.54) is 11.8 Å². The lowest BCUT2D eigenvalue weighted by Crippen LogP contribution is -2.17. The van der Waals surface area contributed by atoms with E-state index in [1.54, 1.807) is 0 Å². The fourth-order valence-electron chi connectivity index (χ4n) is 1.10. The second kappa shape index (κ2) is 6.38. The van der Waals surface area contributed by atoms with E-state index >= 15 is 0 Å². The van der Waals surface area contributed by atoms with Crippen molar-refractivity contribution in [2.45, 2.75) is 16.8 Å². The maximum atomic E-state index is 9.72. The van der Waals surface area contributed by atoms with Gasteiger partial charge >= 0.3 is 0 Å². The van der Waals surface area contributed by atoms with Crippen molar-refractivity contribution in [2.24, 2.45) is 0 Å². The van der Waals surface area contributed by atoms with E-state index in [4.69, 9.17) is 11.6 Å². The normalized spacial score (nSPS) is 13.1. The maximum Gasteiger partial charge on any atom is 0.105 e. The van der Waals surface area contributed by atoms with Gasteiger partial charge in [-0.2, -0.15) is 0 Å². The predicted octanol–water partition coefficient (Wildman–Crippen LogP) is 2.70. The summed E-state index contributed by atoms with van der Waals surface area (Å²) in [4.78, 5) is 3.11. The Hall–Kier alpha value is -0.220. The van der Waals surface area contributed by atoms with Crippen molar-refractivity contribution < 1.29 is 5.11 Å². The van der Waals surface area contributed by atoms with E-state index < -0.39 is 0 Å². The molecule has 1 atom stereocenters. The molecule has 1 aromatic carbocycles. The molecule has 1 N–H and O–H groups in total. The molecule has 0 radical (unpaired) electrons. The lowest BCUT2D eigenvalue weighted by atomic mass is 10.4. The Bertz CT molecular complexity index is 289. The highest BCUT2D eigenvalue weighted by atomic mass is 35.5. The van der Waals surface area contributed by atoms with Gasteiger partial charge in [-0.3, -0.25) is 0 Å². The van der Waals surface area contributed by atoms with Gasteiger partial charge in [-0.05, 0) is 44.8 Å². The van der Waals surface area contributed by atoms with Crippen LogP contribution in [0.1, 0.15) is 6.42 Å². The first-order valence-electron chi connectivity index (χ1n) is 4.83. The summed E-state index contributed by atoms with van der Waals surface area (Å²) in [5, 5.41) is 10.4. The van der Waals surface area contributed by atoms with Gasteiger partial charge in [0.25, 0.3) is 0 Å². The highest BCUT2D eigenvalue weighted by molar-refractivity contribution is 7.99. The Kier molecular flexibility index (Phi) is 5.47. The number of rotatable bonds is 5. The molecule has 0 aliphatic heterocycles. The van der Waals surface area contributed by atoms with E-state index in [-0.39, 0.29) is 5.44 Å². The molecule has 15 heavy (non-hydrogen) atoms. The van der Waals surface area contributed by atoms with Gasteiger partial charge in [-0.15, -0.1) is 0 Å². The number of aliphatic hydroxyl groups is 1. The molecule has 0 bridgehead atoms. The number of thioether (sulfide) groups is 1. The molecule has 84 valence electrons. The van der Waals surface area contributed by atoms with Crippen LogP contribution in [0, 0.1) is 0 Å². The first kappa shape index (κ1) is 12.8. The third-order valence-electron chi connectivity index (χ3n) is 1.91. The minimum Gasteiger partial charge on any atom is -0.382 e. The zero-order valence-electron chi connectivity index (χ0n) is 8.98. The fourth-order valence-corrected chi connectivity index (χ4v) is 2.05. The quantitative estimate of drug-likeness (QED) is 0.638. The van der Waals surface area contributed by atoms with Gasteiger partial charge in [0.05, 0.1) is 0 Å². The van der Waals surface area contributed by atoms with Crippen molar-refractivity contribution in [1.29, 1.82) is 0 Å². The second-order valence-electron chi connectivity index (χ2n) is 3.62. The summed E-state index contributed by atoms with van der Waals surface area (Å²) in [6, 6.07) is 7.52. The van der Waals surface area contributed by atoms with Crippen LogP contribution in [0.4, 0.5) is 0 Å². The molecule has 0 heterocycles. The van der Waals surface area contributed by atoms with Crippen molar-refractivity contribution in [3.63, 3.8) is 0 Å². The van der Waals surface area contributed by atoms with Crippen LogP contribution in [-0.2, 0) is 0 Å². The standard InChI is InChI=1S/C11H16ClNOS/c1-13(2)8-7-11(14)15-10-5-3-9(12)4-6-10/h3-6,11,14H,7-8H2,1-2H3. The lowest BCUT2D eigenvalue weighted by Gasteiger charge is -2.13. The SMILES string of the molecule is CN(C)CCC(O)Sc1ccc(Cl)cc1. The number of nitrogens with zero attached hydrogens (tertiary/aromatic N) is 1. The molecule has 0 saturated heterocycles. The Labute approximate surface area is 100 Å². The summed E-state index contributed by atoms with van der Waals surface area (Å²) in [6.45, 7) is 0.891. The molecular formula is C11H16ClNOS. The van der Waals surface area contributed by atoms with Crippen molar-refractivity contribution in [3.8, 4) is 0 Å². The number of aliphatic hydroxyl groups excluding tert-OH is 1. The van der Waals surface area contributed by atoms with Crippen LogP contribution in [0.2, 0.25) is 5.02 Å². The highest BCUT2D eigenvalue weighted by Gasteiger charge is 2.06. The van der Waals surface area contributed by atoms with Gasteiger partial charge in [0.2, 0.25) is 0 Å². The van der Waals surface area contributed by atoms with Gasteiger partial charge in [-0.25, -0.2) is 0 Å². The molecule has 0 aliphatic rings. The average molecular weight is 246 g/mol. The van der Waals surface area contributed by atoms with Crippen LogP contribution < -0.4 is 0 Å². The third-order valence-corrected chi connectivity index (χ3v) is 3.21. The summed E-state index contributed by atoms with van der Waals surface area (Å²) in [6.07, 6.45) is 0.764. The number of halogens is 1. The van der Waals surface area contributed by atoms with E-state index in [1.807, 2.05) is 38.4 Å². The van der Waals surface area contributed by atoms with Gasteiger partial charge in [0.15, 0.2) is 0 Å². The molecule has 0 saturated carbocycles. The highest BCUT2D eigenvalue weighted by Crippen LogP contribution is 2.25. The summed E-state index contributed by atoms with van der Waals surface area (Å²) in [5.41, 5.74) is -0.353. The monoisotopic (exact) mass is 245 g/mol. The van der Waals surface area contributed by atoms with Crippen LogP contribution in [0.25, 0.3) is 0 Å². The molecule has 0 spiro atoms. The smallest absolute Gasteiger partial charge is 0.105 e. The van der Waals surface area contributed by atoms with Crippen LogP contribution in [0.3, 0.4) is 0 Å². The first-order valence-corrected chi connectivity index (χ1v) is 6.08. The number of hydrogen-bond donors (Lipinski definition) is 1. The lowest BCUT2D eigenvalue weighted by molar-refractivity contribution is 0.232. The molecule has 0 fully saturated rings. The Morgan fingerprint density at radius 1 is 1.33 bits per heavy atom. The van der Waals surface area contributed by atoms with Crippen molar-refractivity contribution in [3.05, 3.63) is 29.3 Å². The molecule has 0 amide bonds.